The van der Waals surface area contributed by atoms with E-state index in [4.69, 9.17) is 4.74 Å². The monoisotopic (exact) mass is 1120 g/mol. The molecule has 1 aliphatic carbocycles. The van der Waals surface area contributed by atoms with Crippen molar-refractivity contribution in [1.82, 2.24) is 45.9 Å². The lowest BCUT2D eigenvalue weighted by Crippen LogP contribution is -2.59. The number of likely N-dealkylation sites (N-methyl/N-ethyl adjacent to an activating group) is 1. The number of methoxy groups -OCH3 is 1. The molecule has 18 nitrogen and oxygen atoms in total. The van der Waals surface area contributed by atoms with E-state index in [0.29, 0.717) is 73.5 Å². The lowest BCUT2D eigenvalue weighted by atomic mass is 9.85. The summed E-state index contributed by atoms with van der Waals surface area (Å²) in [5.74, 6) is -0.0228. The molecule has 1 aromatic heterocycles. The maximum Gasteiger partial charge on any atom is 0.257 e. The number of aryl methyl sites for hydroxylation is 1. The highest BCUT2D eigenvalue weighted by Gasteiger charge is 2.46. The zero-order valence-electron chi connectivity index (χ0n) is 47.4. The summed E-state index contributed by atoms with van der Waals surface area (Å²) in [4.78, 5) is 96.5. The standard InChI is InChI=1S/C59H81N11O7S2/c1-10-47(41-14-12-11-13-15-41)63-55(74)48-32-44(36-70(48)57(76)52(59(5,6)7)64-53(72)38(3)60-8)62-43-19-16-40(31-43)35-66-22-24-68(25-23-66)45-20-17-42(18-21-45)54(73)65-58-61-34-51(79-58)78-50-33-46(49(77-9)30-37(50)2)56(75)69-28-26-67(27-29-69)39(4)71/h11-15,17-18,20-21,30,33-34,38,40,43-44,47-48,52,60,62H,10,16,19,22-29,31-32,35-36H2,1-9H3,(H,63,74)(H,64,72)(H,61,65,73)/t38-,40?,43?,44-,47+,48-,52+/m0/s1. The van der Waals surface area contributed by atoms with Crippen LogP contribution in [0.5, 0.6) is 5.75 Å². The number of benzene rings is 3. The molecular formula is C59H81N11O7S2. The molecule has 6 amide bonds. The van der Waals surface area contributed by atoms with Crippen molar-refractivity contribution >= 4 is 69.4 Å². The Hall–Kier alpha value is -6.06. The third kappa shape index (κ3) is 14.8. The Balaban J connectivity index is 0.808. The average Bonchev–Trinajstić information content (AvgIpc) is 4.25. The van der Waals surface area contributed by atoms with E-state index in [1.807, 2.05) is 101 Å². The average molecular weight is 1120 g/mol. The minimum atomic E-state index is -0.817. The van der Waals surface area contributed by atoms with Crippen LogP contribution in [0.15, 0.2) is 82.0 Å². The van der Waals surface area contributed by atoms with Gasteiger partial charge in [-0.2, -0.15) is 0 Å². The topological polar surface area (TPSA) is 201 Å². The Morgan fingerprint density at radius 3 is 2.20 bits per heavy atom. The van der Waals surface area contributed by atoms with Crippen molar-refractivity contribution in [1.29, 1.82) is 0 Å². The van der Waals surface area contributed by atoms with Crippen LogP contribution < -0.4 is 36.2 Å². The van der Waals surface area contributed by atoms with Crippen LogP contribution in [0.2, 0.25) is 0 Å². The number of piperazine rings is 2. The first-order valence-corrected chi connectivity index (χ1v) is 29.6. The van der Waals surface area contributed by atoms with E-state index in [0.717, 1.165) is 77.9 Å². The fourth-order valence-electron chi connectivity index (χ4n) is 11.3. The Morgan fingerprint density at radius 1 is 0.861 bits per heavy atom. The minimum absolute atomic E-state index is 0.00609. The molecule has 4 heterocycles. The Kier molecular flexibility index (Phi) is 19.8. The predicted molar refractivity (Wildman–Crippen MR) is 311 cm³/mol. The maximum atomic E-state index is 14.6. The van der Waals surface area contributed by atoms with Gasteiger partial charge in [0.2, 0.25) is 23.6 Å². The number of amides is 6. The molecule has 3 aliphatic heterocycles. The summed E-state index contributed by atoms with van der Waals surface area (Å²) in [6, 6.07) is 19.4. The molecule has 2 unspecified atom stereocenters. The fraction of sp³-hybridized carbons (Fsp3) is 0.542. The van der Waals surface area contributed by atoms with Crippen molar-refractivity contribution in [3.63, 3.8) is 0 Å². The number of ether oxygens (including phenoxy) is 1. The van der Waals surface area contributed by atoms with Crippen molar-refractivity contribution in [3.8, 4) is 5.75 Å². The summed E-state index contributed by atoms with van der Waals surface area (Å²) < 4.78 is 6.48. The van der Waals surface area contributed by atoms with Gasteiger partial charge in [-0.25, -0.2) is 4.98 Å². The summed E-state index contributed by atoms with van der Waals surface area (Å²) in [5, 5.41) is 16.6. The van der Waals surface area contributed by atoms with Gasteiger partial charge in [0, 0.05) is 101 Å². The number of hydrogen-bond donors (Lipinski definition) is 5. The zero-order valence-corrected chi connectivity index (χ0v) is 49.1. The Labute approximate surface area is 474 Å². The van der Waals surface area contributed by atoms with Crippen molar-refractivity contribution in [3.05, 3.63) is 95.2 Å². The molecule has 0 bridgehead atoms. The lowest BCUT2D eigenvalue weighted by Gasteiger charge is -2.37. The molecule has 20 heteroatoms. The number of rotatable bonds is 19. The molecule has 0 radical (unpaired) electrons. The van der Waals surface area contributed by atoms with E-state index < -0.39 is 23.5 Å². The van der Waals surface area contributed by atoms with Gasteiger partial charge in [-0.3, -0.25) is 39.0 Å². The van der Waals surface area contributed by atoms with Crippen LogP contribution in [0.25, 0.3) is 0 Å². The van der Waals surface area contributed by atoms with Gasteiger partial charge >= 0.3 is 0 Å². The number of thiazole rings is 1. The first kappa shape index (κ1) is 59.1. The quantitative estimate of drug-likeness (QED) is 0.0690. The molecule has 0 spiro atoms. The first-order chi connectivity index (χ1) is 37.8. The molecule has 79 heavy (non-hydrogen) atoms. The number of hydrogen-bond acceptors (Lipinski definition) is 14. The SMILES string of the molecule is CC[C@@H](NC(=O)[C@@H]1C[C@H](NC2CCC(CN3CCN(c4ccc(C(=O)Nc5ncc(Sc6cc(C(=O)N7CCN(C(C)=O)CC7)c(OC)cc6C)s5)cc4)CC3)C2)CN1C(=O)[C@@H](NC(=O)[C@H](C)NC)C(C)(C)C)c1ccccc1. The summed E-state index contributed by atoms with van der Waals surface area (Å²) >= 11 is 2.85. The summed E-state index contributed by atoms with van der Waals surface area (Å²) in [6.45, 7) is 20.1. The third-order valence-corrected chi connectivity index (χ3v) is 18.3. The van der Waals surface area contributed by atoms with E-state index >= 15 is 0 Å². The van der Waals surface area contributed by atoms with E-state index in [9.17, 15) is 28.8 Å². The summed E-state index contributed by atoms with van der Waals surface area (Å²) in [7, 11) is 3.27. The van der Waals surface area contributed by atoms with Crippen molar-refractivity contribution in [2.45, 2.75) is 126 Å². The third-order valence-electron chi connectivity index (χ3n) is 16.1. The van der Waals surface area contributed by atoms with Crippen LogP contribution in [0.1, 0.15) is 112 Å². The normalized spacial score (nSPS) is 21.1. The van der Waals surface area contributed by atoms with Crippen LogP contribution in [-0.4, -0.2) is 170 Å². The van der Waals surface area contributed by atoms with E-state index in [2.05, 4.69) is 41.4 Å². The molecular weight excluding hydrogens is 1040 g/mol. The number of carbonyl (C=O) groups excluding carboxylic acids is 6. The zero-order chi connectivity index (χ0) is 56.5. The second-order valence-corrected chi connectivity index (χ2v) is 25.0. The molecule has 7 atom stereocenters. The van der Waals surface area contributed by atoms with Gasteiger partial charge in [-0.15, -0.1) is 0 Å². The highest BCUT2D eigenvalue weighted by Crippen LogP contribution is 2.39. The summed E-state index contributed by atoms with van der Waals surface area (Å²) in [5.41, 5.74) is 3.45. The number of carbonyl (C=O) groups is 6. The predicted octanol–water partition coefficient (Wildman–Crippen LogP) is 6.42. The second kappa shape index (κ2) is 26.5. The van der Waals surface area contributed by atoms with Crippen LogP contribution in [0.4, 0.5) is 10.8 Å². The van der Waals surface area contributed by atoms with Gasteiger partial charge < -0.3 is 45.6 Å². The highest BCUT2D eigenvalue weighted by atomic mass is 32.2. The van der Waals surface area contributed by atoms with E-state index in [-0.39, 0.29) is 53.6 Å². The van der Waals surface area contributed by atoms with Gasteiger partial charge in [-0.05, 0) is 112 Å². The molecule has 3 aromatic carbocycles. The van der Waals surface area contributed by atoms with E-state index in [1.54, 1.807) is 48.9 Å². The molecule has 5 N–H and O–H groups in total. The van der Waals surface area contributed by atoms with E-state index in [1.165, 1.54) is 23.1 Å². The van der Waals surface area contributed by atoms with Crippen molar-refractivity contribution < 1.29 is 33.5 Å². The number of anilines is 2. The first-order valence-electron chi connectivity index (χ1n) is 28.0. The van der Waals surface area contributed by atoms with Gasteiger partial charge in [0.25, 0.3) is 11.8 Å². The molecule has 1 saturated carbocycles. The van der Waals surface area contributed by atoms with Crippen LogP contribution in [0, 0.1) is 18.3 Å². The highest BCUT2D eigenvalue weighted by molar-refractivity contribution is 8.01. The molecule has 8 rings (SSSR count). The van der Waals surface area contributed by atoms with Crippen LogP contribution in [-0.2, 0) is 19.2 Å². The minimum Gasteiger partial charge on any atom is -0.496 e. The van der Waals surface area contributed by atoms with Crippen molar-refractivity contribution in [2.75, 3.05) is 89.8 Å². The molecule has 4 aliphatic rings. The fourth-order valence-corrected chi connectivity index (χ4v) is 13.2. The van der Waals surface area contributed by atoms with Gasteiger partial charge in [0.15, 0.2) is 5.13 Å². The Morgan fingerprint density at radius 2 is 1.56 bits per heavy atom. The summed E-state index contributed by atoms with van der Waals surface area (Å²) in [6.07, 6.45) is 6.08. The number of likely N-dealkylation sites (tertiary alicyclic amines) is 1. The number of nitrogens with zero attached hydrogens (tertiary/aromatic N) is 6. The van der Waals surface area contributed by atoms with Gasteiger partial charge in [0.05, 0.1) is 35.2 Å². The number of aromatic nitrogens is 1. The maximum absolute atomic E-state index is 14.6. The van der Waals surface area contributed by atoms with Crippen LogP contribution in [0.3, 0.4) is 0 Å². The Bertz CT molecular complexity index is 2780. The number of nitrogens with one attached hydrogen (secondary N) is 5. The van der Waals surface area contributed by atoms with Crippen LogP contribution >= 0.6 is 23.1 Å². The van der Waals surface area contributed by atoms with Gasteiger partial charge in [-0.1, -0.05) is 81.1 Å². The largest absolute Gasteiger partial charge is 0.496 e. The molecule has 3 saturated heterocycles. The van der Waals surface area contributed by atoms with Gasteiger partial charge in [0.1, 0.15) is 17.8 Å². The molecule has 4 aromatic rings. The second-order valence-electron chi connectivity index (χ2n) is 22.7. The molecule has 426 valence electrons. The van der Waals surface area contributed by atoms with Crippen molar-refractivity contribution in [2.24, 2.45) is 11.3 Å². The lowest BCUT2D eigenvalue weighted by molar-refractivity contribution is -0.144. The molecule has 4 fully saturated rings. The smallest absolute Gasteiger partial charge is 0.257 e.